The number of carbonyl (C=O) groups is 1. The van der Waals surface area contributed by atoms with E-state index in [1.807, 2.05) is 6.92 Å². The molecule has 0 aliphatic rings. The number of nitrogens with one attached hydrogen (secondary N) is 1. The van der Waals surface area contributed by atoms with E-state index in [1.165, 1.54) is 48.7 Å². The quantitative estimate of drug-likeness (QED) is 0.438. The van der Waals surface area contributed by atoms with Crippen molar-refractivity contribution in [3.63, 3.8) is 0 Å². The summed E-state index contributed by atoms with van der Waals surface area (Å²) in [6.45, 7) is 1.99. The second-order valence-corrected chi connectivity index (χ2v) is 8.50. The maximum atomic E-state index is 12.9. The summed E-state index contributed by atoms with van der Waals surface area (Å²) in [5.74, 6) is -0.425. The van der Waals surface area contributed by atoms with Gasteiger partial charge in [0.1, 0.15) is 5.15 Å². The molecular weight excluding hydrogens is 419 g/mol. The van der Waals surface area contributed by atoms with Crippen molar-refractivity contribution in [2.75, 3.05) is 4.72 Å². The van der Waals surface area contributed by atoms with Gasteiger partial charge < -0.3 is 0 Å². The topological polar surface area (TPSA) is 76.1 Å². The number of anilines is 1. The van der Waals surface area contributed by atoms with Crippen LogP contribution in [0.4, 0.5) is 5.69 Å². The fraction of sp³-hybridized carbons (Fsp3) is 0.100. The third-order valence-electron chi connectivity index (χ3n) is 4.10. The molecule has 0 bridgehead atoms. The summed E-state index contributed by atoms with van der Waals surface area (Å²) in [7, 11) is -3.88. The lowest BCUT2D eigenvalue weighted by atomic mass is 10.0. The van der Waals surface area contributed by atoms with Gasteiger partial charge in [-0.2, -0.15) is 0 Å². The number of halogens is 2. The molecule has 0 atom stereocenters. The summed E-state index contributed by atoms with van der Waals surface area (Å²) >= 11 is 11.8. The van der Waals surface area contributed by atoms with E-state index in [4.69, 9.17) is 23.2 Å². The van der Waals surface area contributed by atoms with Crippen molar-refractivity contribution in [1.29, 1.82) is 0 Å². The van der Waals surface area contributed by atoms with Crippen molar-refractivity contribution >= 4 is 44.7 Å². The first-order valence-electron chi connectivity index (χ1n) is 8.37. The molecular formula is C20H16Cl2N2O3S. The van der Waals surface area contributed by atoms with Crippen LogP contribution in [0.3, 0.4) is 0 Å². The molecule has 3 rings (SSSR count). The first-order chi connectivity index (χ1) is 13.3. The molecule has 1 heterocycles. The smallest absolute Gasteiger partial charge is 0.261 e. The fourth-order valence-corrected chi connectivity index (χ4v) is 3.93. The Morgan fingerprint density at radius 2 is 1.75 bits per heavy atom. The summed E-state index contributed by atoms with van der Waals surface area (Å²) < 4.78 is 28.0. The van der Waals surface area contributed by atoms with Crippen LogP contribution in [0.1, 0.15) is 28.4 Å². The highest BCUT2D eigenvalue weighted by Crippen LogP contribution is 2.26. The first-order valence-corrected chi connectivity index (χ1v) is 10.6. The summed E-state index contributed by atoms with van der Waals surface area (Å²) in [6, 6.07) is 13.9. The molecule has 3 aromatic rings. The van der Waals surface area contributed by atoms with Crippen LogP contribution in [0.5, 0.6) is 0 Å². The number of rotatable bonds is 6. The van der Waals surface area contributed by atoms with Gasteiger partial charge >= 0.3 is 0 Å². The number of sulfonamides is 1. The van der Waals surface area contributed by atoms with Gasteiger partial charge in [0.15, 0.2) is 5.78 Å². The molecule has 2 aromatic carbocycles. The molecule has 0 spiro atoms. The van der Waals surface area contributed by atoms with E-state index in [1.54, 1.807) is 12.1 Å². The van der Waals surface area contributed by atoms with Gasteiger partial charge in [0, 0.05) is 22.3 Å². The van der Waals surface area contributed by atoms with Crippen molar-refractivity contribution in [2.45, 2.75) is 18.2 Å². The molecule has 0 amide bonds. The standard InChI is InChI=1S/C20H16Cl2N2O3S/c1-2-13-3-7-16(8-4-13)28(26,27)24-18-9-6-15(21)11-17(18)20(25)14-5-10-19(22)23-12-14/h3-12,24H,2H2,1H3. The monoisotopic (exact) mass is 434 g/mol. The van der Waals surface area contributed by atoms with Crippen LogP contribution in [0, 0.1) is 0 Å². The zero-order valence-corrected chi connectivity index (χ0v) is 17.1. The molecule has 28 heavy (non-hydrogen) atoms. The molecule has 1 N–H and O–H groups in total. The van der Waals surface area contributed by atoms with Crippen LogP contribution in [0.25, 0.3) is 0 Å². The lowest BCUT2D eigenvalue weighted by Crippen LogP contribution is -2.16. The Morgan fingerprint density at radius 1 is 1.04 bits per heavy atom. The predicted octanol–water partition coefficient (Wildman–Crippen LogP) is 4.98. The third-order valence-corrected chi connectivity index (χ3v) is 5.94. The maximum Gasteiger partial charge on any atom is 0.261 e. The van der Waals surface area contributed by atoms with Crippen LogP contribution in [0.2, 0.25) is 10.2 Å². The largest absolute Gasteiger partial charge is 0.288 e. The number of aryl methyl sites for hydroxylation is 1. The zero-order valence-electron chi connectivity index (χ0n) is 14.8. The Morgan fingerprint density at radius 3 is 2.36 bits per heavy atom. The normalized spacial score (nSPS) is 11.2. The zero-order chi connectivity index (χ0) is 20.3. The Labute approximate surface area is 173 Å². The van der Waals surface area contributed by atoms with Crippen LogP contribution in [-0.4, -0.2) is 19.2 Å². The van der Waals surface area contributed by atoms with Crippen LogP contribution in [-0.2, 0) is 16.4 Å². The molecule has 5 nitrogen and oxygen atoms in total. The maximum absolute atomic E-state index is 12.9. The first kappa shape index (κ1) is 20.3. The van der Waals surface area contributed by atoms with Crippen molar-refractivity contribution < 1.29 is 13.2 Å². The highest BCUT2D eigenvalue weighted by molar-refractivity contribution is 7.92. The third kappa shape index (κ3) is 4.52. The van der Waals surface area contributed by atoms with Crippen LogP contribution >= 0.6 is 23.2 Å². The molecule has 0 saturated heterocycles. The average Bonchev–Trinajstić information content (AvgIpc) is 2.69. The Hall–Kier alpha value is -2.41. The number of hydrogen-bond donors (Lipinski definition) is 1. The fourth-order valence-electron chi connectivity index (χ4n) is 2.57. The Kier molecular flexibility index (Phi) is 6.03. The second-order valence-electron chi connectivity index (χ2n) is 5.99. The molecule has 0 radical (unpaired) electrons. The molecule has 0 aliphatic heterocycles. The number of hydrogen-bond acceptors (Lipinski definition) is 4. The summed E-state index contributed by atoms with van der Waals surface area (Å²) in [4.78, 5) is 16.9. The molecule has 8 heteroatoms. The average molecular weight is 435 g/mol. The second kappa shape index (κ2) is 8.31. The lowest BCUT2D eigenvalue weighted by Gasteiger charge is -2.13. The number of benzene rings is 2. The Bertz CT molecular complexity index is 1110. The van der Waals surface area contributed by atoms with E-state index < -0.39 is 15.8 Å². The van der Waals surface area contributed by atoms with Crippen molar-refractivity contribution in [3.8, 4) is 0 Å². The SMILES string of the molecule is CCc1ccc(S(=O)(=O)Nc2ccc(Cl)cc2C(=O)c2ccc(Cl)nc2)cc1. The number of carbonyl (C=O) groups excluding carboxylic acids is 1. The van der Waals surface area contributed by atoms with E-state index in [2.05, 4.69) is 9.71 Å². The van der Waals surface area contributed by atoms with E-state index >= 15 is 0 Å². The molecule has 144 valence electrons. The van der Waals surface area contributed by atoms with Crippen molar-refractivity contribution in [3.05, 3.63) is 87.7 Å². The van der Waals surface area contributed by atoms with Crippen molar-refractivity contribution in [2.24, 2.45) is 0 Å². The van der Waals surface area contributed by atoms with E-state index in [9.17, 15) is 13.2 Å². The number of ketones is 1. The highest BCUT2D eigenvalue weighted by atomic mass is 35.5. The van der Waals surface area contributed by atoms with Crippen LogP contribution in [0.15, 0.2) is 65.7 Å². The van der Waals surface area contributed by atoms with Gasteiger partial charge in [-0.25, -0.2) is 13.4 Å². The lowest BCUT2D eigenvalue weighted by molar-refractivity contribution is 0.103. The van der Waals surface area contributed by atoms with Gasteiger partial charge in [0.25, 0.3) is 10.0 Å². The van der Waals surface area contributed by atoms with Gasteiger partial charge in [0.2, 0.25) is 0 Å². The minimum absolute atomic E-state index is 0.103. The molecule has 0 unspecified atom stereocenters. The summed E-state index contributed by atoms with van der Waals surface area (Å²) in [5, 5.41) is 0.555. The van der Waals surface area contributed by atoms with Gasteiger partial charge in [-0.3, -0.25) is 9.52 Å². The minimum Gasteiger partial charge on any atom is -0.288 e. The number of pyridine rings is 1. The number of aromatic nitrogens is 1. The number of nitrogens with zero attached hydrogens (tertiary/aromatic N) is 1. The molecule has 0 fully saturated rings. The highest BCUT2D eigenvalue weighted by Gasteiger charge is 2.20. The minimum atomic E-state index is -3.88. The molecule has 0 saturated carbocycles. The molecule has 0 aliphatic carbocycles. The van der Waals surface area contributed by atoms with E-state index in [0.717, 1.165) is 12.0 Å². The van der Waals surface area contributed by atoms with E-state index in [-0.39, 0.29) is 26.9 Å². The van der Waals surface area contributed by atoms with Gasteiger partial charge in [0.05, 0.1) is 10.6 Å². The van der Waals surface area contributed by atoms with E-state index in [0.29, 0.717) is 5.02 Å². The summed E-state index contributed by atoms with van der Waals surface area (Å²) in [5.41, 5.74) is 1.53. The molecule has 1 aromatic heterocycles. The van der Waals surface area contributed by atoms with Gasteiger partial charge in [-0.15, -0.1) is 0 Å². The van der Waals surface area contributed by atoms with Gasteiger partial charge in [-0.05, 0) is 54.4 Å². The predicted molar refractivity (Wildman–Crippen MR) is 111 cm³/mol. The van der Waals surface area contributed by atoms with Gasteiger partial charge in [-0.1, -0.05) is 42.3 Å². The van der Waals surface area contributed by atoms with Crippen LogP contribution < -0.4 is 4.72 Å². The van der Waals surface area contributed by atoms with Crippen molar-refractivity contribution in [1.82, 2.24) is 4.98 Å². The Balaban J connectivity index is 1.98. The summed E-state index contributed by atoms with van der Waals surface area (Å²) in [6.07, 6.45) is 2.13.